The summed E-state index contributed by atoms with van der Waals surface area (Å²) in [7, 11) is 0. The van der Waals surface area contributed by atoms with Crippen LogP contribution in [0.1, 0.15) is 146 Å². The molecule has 222 valence electrons. The first-order valence-corrected chi connectivity index (χ1v) is 16.1. The van der Waals surface area contributed by atoms with Gasteiger partial charge in [0.25, 0.3) is 0 Å². The third kappa shape index (κ3) is 13.1. The van der Waals surface area contributed by atoms with Gasteiger partial charge in [-0.3, -0.25) is 0 Å². The average molecular weight is 633 g/mol. The molecule has 2 aromatic carbocycles. The molecule has 0 spiro atoms. The van der Waals surface area contributed by atoms with E-state index in [2.05, 4.69) is 86.9 Å². The minimum atomic E-state index is 0. The van der Waals surface area contributed by atoms with Gasteiger partial charge in [-0.15, -0.1) is 4.79 Å². The van der Waals surface area contributed by atoms with Crippen LogP contribution < -0.4 is 0 Å². The van der Waals surface area contributed by atoms with Crippen molar-refractivity contribution in [2.75, 3.05) is 0 Å². The van der Waals surface area contributed by atoms with Gasteiger partial charge in [0, 0.05) is 20.4 Å². The van der Waals surface area contributed by atoms with Crippen molar-refractivity contribution in [2.24, 2.45) is 0 Å². The maximum Gasteiger partial charge on any atom is 0.303 e. The van der Waals surface area contributed by atoms with E-state index in [4.69, 9.17) is 0 Å². The molecule has 2 rings (SSSR count). The minimum Gasteiger partial charge on any atom is -0.348 e. The molecule has 0 fully saturated rings. The Morgan fingerprint density at radius 3 is 1.93 bits per heavy atom. The van der Waals surface area contributed by atoms with Gasteiger partial charge in [0.15, 0.2) is 0 Å². The summed E-state index contributed by atoms with van der Waals surface area (Å²) >= 11 is 0. The van der Waals surface area contributed by atoms with Crippen molar-refractivity contribution in [1.29, 1.82) is 0 Å². The van der Waals surface area contributed by atoms with Crippen LogP contribution in [0.5, 0.6) is 0 Å². The molecule has 0 amide bonds. The van der Waals surface area contributed by atoms with E-state index in [-0.39, 0.29) is 20.4 Å². The second-order valence-corrected chi connectivity index (χ2v) is 11.1. The van der Waals surface area contributed by atoms with Crippen molar-refractivity contribution in [2.45, 2.75) is 137 Å². The van der Waals surface area contributed by atoms with Gasteiger partial charge in [-0.1, -0.05) is 134 Å². The molecule has 0 aliphatic heterocycles. The van der Waals surface area contributed by atoms with Crippen LogP contribution in [-0.2, 0) is 33.3 Å². The fraction of sp³-hybridized carbons (Fsp3) is 0.568. The van der Waals surface area contributed by atoms with Gasteiger partial charge in [-0.25, -0.2) is 0 Å². The van der Waals surface area contributed by atoms with E-state index in [1.54, 1.807) is 0 Å². The van der Waals surface area contributed by atoms with E-state index < -0.39 is 0 Å². The molecule has 0 heterocycles. The average Bonchev–Trinajstić information content (AvgIpc) is 2.96. The van der Waals surface area contributed by atoms with Crippen LogP contribution in [-0.4, -0.2) is 10.7 Å². The zero-order valence-electron chi connectivity index (χ0n) is 25.9. The van der Waals surface area contributed by atoms with Crippen LogP contribution >= 0.6 is 0 Å². The Bertz CT molecular complexity index is 1070. The number of aryl methyl sites for hydroxylation is 2. The first kappa shape index (κ1) is 36.0. The van der Waals surface area contributed by atoms with Crippen molar-refractivity contribution in [3.63, 3.8) is 0 Å². The number of allylic oxidation sites excluding steroid dienone is 2. The fourth-order valence-corrected chi connectivity index (χ4v) is 5.39. The maximum absolute atomic E-state index is 9.59. The summed E-state index contributed by atoms with van der Waals surface area (Å²) in [5.41, 5.74) is 18.6. The number of unbranched alkanes of at least 4 members (excludes halogenated alkanes) is 9. The molecule has 0 aliphatic carbocycles. The third-order valence-corrected chi connectivity index (χ3v) is 7.76. The molecule has 0 N–H and O–H groups in total. The molecule has 0 bridgehead atoms. The minimum absolute atomic E-state index is 0. The zero-order chi connectivity index (χ0) is 28.1. The first-order valence-electron chi connectivity index (χ1n) is 16.1. The van der Waals surface area contributed by atoms with Gasteiger partial charge in [0.1, 0.15) is 0 Å². The number of rotatable bonds is 20. The molecular formula is C37H54N2Pd. The molecule has 0 radical (unpaired) electrons. The monoisotopic (exact) mass is 632 g/mol. The molecule has 2 nitrogen and oxygen atoms in total. The Kier molecular flexibility index (Phi) is 20.4. The molecule has 2 aromatic rings. The predicted molar refractivity (Wildman–Crippen MR) is 170 cm³/mol. The molecule has 0 saturated carbocycles. The second-order valence-electron chi connectivity index (χ2n) is 11.1. The van der Waals surface area contributed by atoms with Crippen LogP contribution in [0.4, 0.5) is 0 Å². The second kappa shape index (κ2) is 22.7. The number of nitrogens with zero attached hydrogens (tertiary/aromatic N) is 2. The van der Waals surface area contributed by atoms with Crippen molar-refractivity contribution >= 4 is 11.4 Å². The predicted octanol–water partition coefficient (Wildman–Crippen LogP) is 11.3. The summed E-state index contributed by atoms with van der Waals surface area (Å²) in [6, 6.07) is 18.5. The Balaban J connectivity index is 0.00000800. The Hall–Kier alpha value is -2.00. The standard InChI is InChI=1S/C37H54N2.Pd/c1-5-9-13-14-15-17-20-32-21-18-23-34(29-32)37(33-27-25-31(26-28-33)19-11-7-3)36(24-16-10-6-2)35(30-39-38)22-12-8-4;/h18,21,23,25-29H,5-17,19-20,22,24H2,1-4H3;. The molecule has 0 atom stereocenters. The number of hydrogen-bond donors (Lipinski definition) is 0. The molecule has 3 heteroatoms. The van der Waals surface area contributed by atoms with Crippen molar-refractivity contribution < 1.29 is 25.2 Å². The molecule has 0 aliphatic rings. The van der Waals surface area contributed by atoms with Crippen molar-refractivity contribution in [1.82, 2.24) is 0 Å². The Labute approximate surface area is 260 Å². The summed E-state index contributed by atoms with van der Waals surface area (Å²) < 4.78 is 0. The van der Waals surface area contributed by atoms with E-state index >= 15 is 0 Å². The summed E-state index contributed by atoms with van der Waals surface area (Å²) in [5.74, 6) is 3.02. The summed E-state index contributed by atoms with van der Waals surface area (Å²) in [4.78, 5) is 3.42. The smallest absolute Gasteiger partial charge is 0.303 e. The van der Waals surface area contributed by atoms with Gasteiger partial charge >= 0.3 is 5.87 Å². The van der Waals surface area contributed by atoms with E-state index in [0.717, 1.165) is 50.5 Å². The quantitative estimate of drug-likeness (QED) is 0.0348. The van der Waals surface area contributed by atoms with Gasteiger partial charge in [-0.05, 0) is 84.8 Å². The van der Waals surface area contributed by atoms with Crippen LogP contribution in [0.2, 0.25) is 0 Å². The van der Waals surface area contributed by atoms with Crippen molar-refractivity contribution in [3.8, 4) is 0 Å². The van der Waals surface area contributed by atoms with Crippen LogP contribution in [0.15, 0.2) is 59.7 Å². The van der Waals surface area contributed by atoms with E-state index in [0.29, 0.717) is 0 Å². The maximum atomic E-state index is 9.59. The molecule has 0 saturated heterocycles. The topological polar surface area (TPSA) is 36.4 Å². The van der Waals surface area contributed by atoms with Gasteiger partial charge in [-0.2, -0.15) is 0 Å². The van der Waals surface area contributed by atoms with Crippen molar-refractivity contribution in [3.05, 3.63) is 87.5 Å². The Morgan fingerprint density at radius 2 is 1.25 bits per heavy atom. The van der Waals surface area contributed by atoms with Crippen LogP contribution in [0.25, 0.3) is 11.1 Å². The SMILES string of the molecule is CCCCCCCCc1cccc(C(=C(CCCCC)C(=C=[N+]=[N-])CCCC)c2ccc(CCCC)cc2)c1.[Pd]. The molecule has 40 heavy (non-hydrogen) atoms. The summed E-state index contributed by atoms with van der Waals surface area (Å²) in [5, 5.41) is 0. The molecule has 0 unspecified atom stereocenters. The largest absolute Gasteiger partial charge is 0.348 e. The van der Waals surface area contributed by atoms with E-state index in [1.807, 2.05) is 0 Å². The van der Waals surface area contributed by atoms with E-state index in [9.17, 15) is 5.53 Å². The molecular weight excluding hydrogens is 579 g/mol. The van der Waals surface area contributed by atoms with E-state index in [1.165, 1.54) is 97.6 Å². The Morgan fingerprint density at radius 1 is 0.625 bits per heavy atom. The summed E-state index contributed by atoms with van der Waals surface area (Å²) in [6.45, 7) is 9.01. The fourth-order valence-electron chi connectivity index (χ4n) is 5.39. The van der Waals surface area contributed by atoms with Crippen LogP contribution in [0.3, 0.4) is 0 Å². The first-order chi connectivity index (χ1) is 19.2. The zero-order valence-corrected chi connectivity index (χ0v) is 27.4. The number of hydrogen-bond acceptors (Lipinski definition) is 0. The van der Waals surface area contributed by atoms with Crippen LogP contribution in [0, 0.1) is 0 Å². The third-order valence-electron chi connectivity index (χ3n) is 7.76. The van der Waals surface area contributed by atoms with Gasteiger partial charge < -0.3 is 5.53 Å². The van der Waals surface area contributed by atoms with Gasteiger partial charge in [0.05, 0.1) is 5.57 Å². The normalized spacial score (nSPS) is 11.3. The van der Waals surface area contributed by atoms with Gasteiger partial charge in [0.2, 0.25) is 0 Å². The summed E-state index contributed by atoms with van der Waals surface area (Å²) in [6.07, 6.45) is 20.2. The molecule has 0 aromatic heterocycles. The number of benzene rings is 2.